The van der Waals surface area contributed by atoms with Crippen LogP contribution in [0.1, 0.15) is 37.4 Å². The first-order valence-electron chi connectivity index (χ1n) is 10.1. The van der Waals surface area contributed by atoms with Gasteiger partial charge in [0.15, 0.2) is 0 Å². The van der Waals surface area contributed by atoms with Crippen molar-refractivity contribution in [3.63, 3.8) is 0 Å². The van der Waals surface area contributed by atoms with Crippen LogP contribution in [0.2, 0.25) is 0 Å². The average molecular weight is 531 g/mol. The molecule has 0 aliphatic heterocycles. The van der Waals surface area contributed by atoms with Crippen LogP contribution in [0.4, 0.5) is 4.39 Å². The van der Waals surface area contributed by atoms with E-state index in [-0.39, 0.29) is 65.0 Å². The molecule has 2 atom stereocenters. The van der Waals surface area contributed by atoms with Crippen molar-refractivity contribution in [3.8, 4) is 33.3 Å². The van der Waals surface area contributed by atoms with Crippen LogP contribution in [-0.4, -0.2) is 28.3 Å². The average Bonchev–Trinajstić information content (AvgIpc) is 3.26. The summed E-state index contributed by atoms with van der Waals surface area (Å²) in [7, 11) is -4.44. The Morgan fingerprint density at radius 2 is 1.89 bits per heavy atom. The fraction of sp³-hybridized carbons (Fsp3) is 0.250. The normalized spacial score (nSPS) is 13.0. The largest absolute Gasteiger partial charge is 1.00 e. The minimum absolute atomic E-state index is 0. The minimum Gasteiger partial charge on any atom is -0.790 e. The number of carboxylic acid groups (broad SMARTS) is 1. The van der Waals surface area contributed by atoms with E-state index in [4.69, 9.17) is 4.98 Å². The predicted molar refractivity (Wildman–Crippen MR) is 122 cm³/mol. The molecule has 2 heterocycles. The summed E-state index contributed by atoms with van der Waals surface area (Å²) in [5.74, 6) is 0.627. The molecule has 35 heavy (non-hydrogen) atoms. The third-order valence-corrected chi connectivity index (χ3v) is 6.97. The number of carbonyl (C=O) groups is 1. The van der Waals surface area contributed by atoms with E-state index < -0.39 is 37.8 Å². The first-order chi connectivity index (χ1) is 15.6. The number of thiophene rings is 1. The summed E-state index contributed by atoms with van der Waals surface area (Å²) in [6.45, 7) is 3.81. The van der Waals surface area contributed by atoms with E-state index in [9.17, 15) is 28.9 Å². The van der Waals surface area contributed by atoms with Gasteiger partial charge in [0, 0.05) is 24.1 Å². The molecule has 2 aromatic heterocycles. The van der Waals surface area contributed by atoms with E-state index in [1.54, 1.807) is 18.2 Å². The number of nitrogens with zero attached hydrogens (tertiary/aromatic N) is 1. The van der Waals surface area contributed by atoms with Crippen LogP contribution in [0.25, 0.3) is 21.7 Å². The second-order valence-electron chi connectivity index (χ2n) is 7.78. The molecule has 1 N–H and O–H groups in total. The second kappa shape index (κ2) is 14.2. The van der Waals surface area contributed by atoms with Gasteiger partial charge in [0.2, 0.25) is 0 Å². The first kappa shape index (κ1) is 32.2. The zero-order chi connectivity index (χ0) is 24.2. The van der Waals surface area contributed by atoms with Crippen molar-refractivity contribution in [1.29, 1.82) is 0 Å². The quantitative estimate of drug-likeness (QED) is 0.200. The Bertz CT molecular complexity index is 1260. The molecule has 172 valence electrons. The number of aromatic nitrogens is 1. The van der Waals surface area contributed by atoms with Gasteiger partial charge < -0.3 is 24.5 Å². The van der Waals surface area contributed by atoms with Crippen LogP contribution in [-0.2, 0) is 9.36 Å². The fourth-order valence-electron chi connectivity index (χ4n) is 3.24. The third kappa shape index (κ3) is 9.21. The van der Waals surface area contributed by atoms with Crippen molar-refractivity contribution in [2.24, 2.45) is 0 Å². The van der Waals surface area contributed by atoms with Gasteiger partial charge in [-0.3, -0.25) is 4.98 Å². The standard InChI is InChI=1S/C24H23FNO5PS.2Na/c1-15(2)24-19(9-10-32(30,31)14-18(27)12-23(28)29)20(16-5-7-17(25)8-6-16)13-21(26-24)22-4-3-11-33-22;;/h3-8,11,13,15,18,27H,12,14H2,1-2H3,(H,28,29)(H,30,31);;/q;2*+1/p-2/t18-;;/m1../s1. The molecule has 1 unspecified atom stereocenters. The predicted octanol–water partition coefficient (Wildman–Crippen LogP) is -2.80. The molecule has 11 heteroatoms. The molecular weight excluding hydrogens is 510 g/mol. The molecule has 6 nitrogen and oxygen atoms in total. The van der Waals surface area contributed by atoms with Gasteiger partial charge in [0.25, 0.3) is 0 Å². The molecule has 0 saturated heterocycles. The van der Waals surface area contributed by atoms with Crippen LogP contribution in [0.3, 0.4) is 0 Å². The Morgan fingerprint density at radius 3 is 2.43 bits per heavy atom. The zero-order valence-electron chi connectivity index (χ0n) is 19.9. The maximum absolute atomic E-state index is 13.5. The Morgan fingerprint density at radius 1 is 1.23 bits per heavy atom. The van der Waals surface area contributed by atoms with Gasteiger partial charge in [0.1, 0.15) is 5.82 Å². The number of pyridine rings is 1. The SMILES string of the molecule is CC(C)c1nc(-c2cccs2)cc(-c2ccc(F)cc2)c1C#CP(=O)([O-])C[C@H](O)CC(=O)[O-].[Na+].[Na+]. The smallest absolute Gasteiger partial charge is 0.790 e. The van der Waals surface area contributed by atoms with E-state index in [1.807, 2.05) is 31.4 Å². The number of hydrogen-bond donors (Lipinski definition) is 1. The van der Waals surface area contributed by atoms with Crippen LogP contribution >= 0.6 is 18.7 Å². The fourth-order valence-corrected chi connectivity index (χ4v) is 4.99. The summed E-state index contributed by atoms with van der Waals surface area (Å²) in [5.41, 5.74) is 5.09. The second-order valence-corrected chi connectivity index (χ2v) is 10.7. The molecule has 0 aliphatic rings. The molecule has 0 amide bonds. The summed E-state index contributed by atoms with van der Waals surface area (Å²) in [5, 5.41) is 22.2. The third-order valence-electron chi connectivity index (χ3n) is 4.73. The van der Waals surface area contributed by atoms with Gasteiger partial charge in [-0.2, -0.15) is 0 Å². The van der Waals surface area contributed by atoms with Gasteiger partial charge >= 0.3 is 59.1 Å². The number of rotatable bonds is 7. The number of hydrogen-bond acceptors (Lipinski definition) is 7. The van der Waals surface area contributed by atoms with Gasteiger partial charge in [-0.05, 0) is 46.8 Å². The van der Waals surface area contributed by atoms with Crippen molar-refractivity contribution >= 4 is 24.7 Å². The maximum Gasteiger partial charge on any atom is 1.00 e. The Labute approximate surface area is 252 Å². The van der Waals surface area contributed by atoms with Crippen molar-refractivity contribution in [1.82, 2.24) is 4.98 Å². The first-order valence-corrected chi connectivity index (χ1v) is 12.8. The molecule has 3 rings (SSSR count). The molecule has 3 aromatic rings. The number of carboxylic acids is 1. The van der Waals surface area contributed by atoms with E-state index in [2.05, 4.69) is 11.6 Å². The number of halogens is 1. The number of aliphatic hydroxyl groups is 1. The molecule has 0 aliphatic carbocycles. The Hall–Kier alpha value is -0.820. The minimum atomic E-state index is -4.44. The van der Waals surface area contributed by atoms with Crippen LogP contribution in [0.5, 0.6) is 0 Å². The number of aliphatic carboxylic acids is 1. The zero-order valence-corrected chi connectivity index (χ0v) is 25.7. The number of carbonyl (C=O) groups excluding carboxylic acids is 1. The van der Waals surface area contributed by atoms with Gasteiger partial charge in [-0.25, -0.2) is 4.39 Å². The van der Waals surface area contributed by atoms with Gasteiger partial charge in [0.05, 0.1) is 35.3 Å². The molecule has 0 bridgehead atoms. The molecule has 0 radical (unpaired) electrons. The summed E-state index contributed by atoms with van der Waals surface area (Å²) in [4.78, 5) is 28.7. The maximum atomic E-state index is 13.5. The van der Waals surface area contributed by atoms with E-state index in [1.165, 1.54) is 23.5 Å². The molecule has 0 spiro atoms. The summed E-state index contributed by atoms with van der Waals surface area (Å²) in [6.07, 6.45) is -3.23. The summed E-state index contributed by atoms with van der Waals surface area (Å²) < 4.78 is 26.0. The van der Waals surface area contributed by atoms with Crippen molar-refractivity contribution in [2.45, 2.75) is 32.3 Å². The van der Waals surface area contributed by atoms with Crippen LogP contribution in [0.15, 0.2) is 47.8 Å². The van der Waals surface area contributed by atoms with Crippen LogP contribution in [0, 0.1) is 17.4 Å². The van der Waals surface area contributed by atoms with E-state index in [0.717, 1.165) is 4.88 Å². The van der Waals surface area contributed by atoms with Crippen LogP contribution < -0.4 is 69.1 Å². The molecule has 0 saturated carbocycles. The summed E-state index contributed by atoms with van der Waals surface area (Å²) >= 11 is 1.50. The van der Waals surface area contributed by atoms with Gasteiger partial charge in [-0.1, -0.05) is 38.0 Å². The number of benzene rings is 1. The number of aliphatic hydroxyl groups excluding tert-OH is 1. The van der Waals surface area contributed by atoms with Crippen molar-refractivity contribution < 1.29 is 88.0 Å². The van der Waals surface area contributed by atoms with Crippen molar-refractivity contribution in [2.75, 3.05) is 6.16 Å². The van der Waals surface area contributed by atoms with Gasteiger partial charge in [-0.15, -0.1) is 11.3 Å². The topological polar surface area (TPSA) is 113 Å². The van der Waals surface area contributed by atoms with Crippen molar-refractivity contribution in [3.05, 3.63) is 64.9 Å². The van der Waals surface area contributed by atoms with E-state index >= 15 is 0 Å². The Balaban J connectivity index is 0.00000306. The molecule has 0 fully saturated rings. The molecular formula is C24H21FNNa2O5PS. The summed E-state index contributed by atoms with van der Waals surface area (Å²) in [6, 6.07) is 11.4. The molecule has 1 aromatic carbocycles. The van der Waals surface area contributed by atoms with E-state index in [0.29, 0.717) is 28.1 Å². The monoisotopic (exact) mass is 531 g/mol. The Kier molecular flexibility index (Phi) is 13.1.